The van der Waals surface area contributed by atoms with Gasteiger partial charge in [-0.3, -0.25) is 0 Å². The molecule has 33 valence electrons. The van der Waals surface area contributed by atoms with E-state index in [1.54, 1.807) is 13.8 Å². The molecule has 1 N–H and O–H groups in total. The van der Waals surface area contributed by atoms with Gasteiger partial charge in [0.25, 0.3) is 0 Å². The smallest absolute Gasteiger partial charge is 0.0483 e. The fourth-order valence-electron chi connectivity index (χ4n) is 0. The fraction of sp³-hybridized carbons (Fsp3) is 1.00. The molecule has 0 aliphatic heterocycles. The van der Waals surface area contributed by atoms with Crippen molar-refractivity contribution < 1.29 is 68.1 Å². The van der Waals surface area contributed by atoms with Gasteiger partial charge < -0.3 is 5.11 Å². The number of hydrogen-bond donors (Lipinski definition) is 1. The summed E-state index contributed by atoms with van der Waals surface area (Å²) in [6, 6.07) is 0. The second-order valence-corrected chi connectivity index (χ2v) is 1.09. The molecular weight excluding hydrogens is 241 g/mol. The SMILES string of the molecule is CC(C)O.[Pr].[Ti]. The van der Waals surface area contributed by atoms with Gasteiger partial charge in [0.15, 0.2) is 0 Å². The van der Waals surface area contributed by atoms with Gasteiger partial charge >= 0.3 is 0 Å². The van der Waals surface area contributed by atoms with Gasteiger partial charge in [-0.15, -0.1) is 0 Å². The summed E-state index contributed by atoms with van der Waals surface area (Å²) in [5, 5.41) is 8.06. The predicted molar refractivity (Wildman–Crippen MR) is 17.4 cm³/mol. The van der Waals surface area contributed by atoms with Gasteiger partial charge in [0.2, 0.25) is 0 Å². The predicted octanol–water partition coefficient (Wildman–Crippen LogP) is 0.385. The van der Waals surface area contributed by atoms with Crippen molar-refractivity contribution in [3.63, 3.8) is 0 Å². The van der Waals surface area contributed by atoms with Crippen LogP contribution in [-0.4, -0.2) is 11.2 Å². The Balaban J connectivity index is -0.0000000450. The fourth-order valence-corrected chi connectivity index (χ4v) is 0. The van der Waals surface area contributed by atoms with Gasteiger partial charge in [-0.25, -0.2) is 0 Å². The molecule has 1 radical (unpaired) electrons. The van der Waals surface area contributed by atoms with Crippen LogP contribution in [0.5, 0.6) is 0 Å². The molecule has 0 saturated heterocycles. The van der Waals surface area contributed by atoms with Crippen LogP contribution in [0.25, 0.3) is 0 Å². The summed E-state index contributed by atoms with van der Waals surface area (Å²) in [5.41, 5.74) is 0. The Hall–Kier alpha value is 2.04. The Labute approximate surface area is 86.7 Å². The van der Waals surface area contributed by atoms with Crippen LogP contribution in [0, 0.1) is 41.3 Å². The Bertz CT molecular complexity index is 15.5. The first-order valence-electron chi connectivity index (χ1n) is 1.41. The van der Waals surface area contributed by atoms with E-state index < -0.39 is 0 Å². The summed E-state index contributed by atoms with van der Waals surface area (Å²) < 4.78 is 0. The zero-order chi connectivity index (χ0) is 3.58. The molecular formula is C3H8OPrTi. The maximum Gasteiger partial charge on any atom is 0.0483 e. The van der Waals surface area contributed by atoms with Crippen molar-refractivity contribution in [3.8, 4) is 0 Å². The van der Waals surface area contributed by atoms with E-state index in [2.05, 4.69) is 0 Å². The third-order valence-electron chi connectivity index (χ3n) is 0. The van der Waals surface area contributed by atoms with Crippen molar-refractivity contribution in [2.45, 2.75) is 20.0 Å². The van der Waals surface area contributed by atoms with Crippen molar-refractivity contribution in [2.24, 2.45) is 0 Å². The second kappa shape index (κ2) is 10.1. The Kier molecular flexibility index (Phi) is 26.4. The zero-order valence-electron chi connectivity index (χ0n) is 4.10. The molecule has 0 fully saturated rings. The van der Waals surface area contributed by atoms with E-state index in [1.807, 2.05) is 0 Å². The largest absolute Gasteiger partial charge is 0.394 e. The summed E-state index contributed by atoms with van der Waals surface area (Å²) in [6.45, 7) is 3.44. The molecule has 0 unspecified atom stereocenters. The molecule has 0 atom stereocenters. The minimum atomic E-state index is -0.167. The summed E-state index contributed by atoms with van der Waals surface area (Å²) in [7, 11) is 0. The van der Waals surface area contributed by atoms with Crippen molar-refractivity contribution >= 4 is 0 Å². The van der Waals surface area contributed by atoms with E-state index in [0.29, 0.717) is 0 Å². The molecule has 0 aliphatic rings. The normalized spacial score (nSPS) is 6.00. The average molecular weight is 249 g/mol. The van der Waals surface area contributed by atoms with Crippen LogP contribution in [0.2, 0.25) is 0 Å². The number of hydrogen-bond acceptors (Lipinski definition) is 1. The van der Waals surface area contributed by atoms with Gasteiger partial charge in [0.1, 0.15) is 0 Å². The van der Waals surface area contributed by atoms with E-state index in [1.165, 1.54) is 0 Å². The summed E-state index contributed by atoms with van der Waals surface area (Å²) in [5.74, 6) is 0. The first-order valence-corrected chi connectivity index (χ1v) is 1.41. The molecule has 0 aromatic carbocycles. The van der Waals surface area contributed by atoms with E-state index in [9.17, 15) is 0 Å². The standard InChI is InChI=1S/C3H8O.Pr.Ti/c1-3(2)4;;/h3-4H,1-2H3;;. The van der Waals surface area contributed by atoms with E-state index in [4.69, 9.17) is 5.11 Å². The summed E-state index contributed by atoms with van der Waals surface area (Å²) >= 11 is 0. The van der Waals surface area contributed by atoms with Crippen LogP contribution < -0.4 is 0 Å². The number of aliphatic hydroxyl groups excluding tert-OH is 1. The van der Waals surface area contributed by atoms with E-state index in [0.717, 1.165) is 0 Å². The first-order chi connectivity index (χ1) is 1.73. The first kappa shape index (κ1) is 15.7. The topological polar surface area (TPSA) is 20.2 Å². The van der Waals surface area contributed by atoms with E-state index in [-0.39, 0.29) is 69.1 Å². The molecule has 6 heavy (non-hydrogen) atoms. The summed E-state index contributed by atoms with van der Waals surface area (Å²) in [6.07, 6.45) is -0.167. The van der Waals surface area contributed by atoms with Gasteiger partial charge in [0.05, 0.1) is 0 Å². The molecule has 3 heteroatoms. The Morgan fingerprint density at radius 2 is 1.33 bits per heavy atom. The van der Waals surface area contributed by atoms with Crippen LogP contribution in [0.4, 0.5) is 0 Å². The quantitative estimate of drug-likeness (QED) is 0.615. The van der Waals surface area contributed by atoms with Crippen LogP contribution in [0.1, 0.15) is 13.8 Å². The second-order valence-electron chi connectivity index (χ2n) is 1.09. The number of rotatable bonds is 0. The van der Waals surface area contributed by atoms with Gasteiger partial charge in [-0.1, -0.05) is 0 Å². The molecule has 0 rings (SSSR count). The van der Waals surface area contributed by atoms with Crippen molar-refractivity contribution in [1.82, 2.24) is 0 Å². The molecule has 0 aromatic heterocycles. The maximum absolute atomic E-state index is 8.06. The zero-order valence-corrected chi connectivity index (χ0v) is 9.37. The van der Waals surface area contributed by atoms with E-state index >= 15 is 0 Å². The Morgan fingerprint density at radius 3 is 1.33 bits per heavy atom. The van der Waals surface area contributed by atoms with Crippen LogP contribution in [-0.2, 0) is 21.7 Å². The van der Waals surface area contributed by atoms with Crippen molar-refractivity contribution in [1.29, 1.82) is 0 Å². The minimum absolute atomic E-state index is 0. The van der Waals surface area contributed by atoms with Crippen LogP contribution in [0.15, 0.2) is 0 Å². The molecule has 0 bridgehead atoms. The molecule has 0 spiro atoms. The van der Waals surface area contributed by atoms with Gasteiger partial charge in [0, 0.05) is 69.1 Å². The van der Waals surface area contributed by atoms with Crippen molar-refractivity contribution in [3.05, 3.63) is 0 Å². The monoisotopic (exact) mass is 249 g/mol. The average Bonchev–Trinajstić information content (AvgIpc) is 0.811. The van der Waals surface area contributed by atoms with Gasteiger partial charge in [-0.2, -0.15) is 0 Å². The molecule has 0 heterocycles. The third kappa shape index (κ3) is 36.9. The molecule has 0 aromatic rings. The maximum atomic E-state index is 8.06. The summed E-state index contributed by atoms with van der Waals surface area (Å²) in [4.78, 5) is 0. The number of aliphatic hydroxyl groups is 1. The molecule has 0 amide bonds. The van der Waals surface area contributed by atoms with Crippen molar-refractivity contribution in [2.75, 3.05) is 0 Å². The minimum Gasteiger partial charge on any atom is -0.394 e. The van der Waals surface area contributed by atoms with Crippen LogP contribution in [0.3, 0.4) is 0 Å². The molecule has 1 nitrogen and oxygen atoms in total. The third-order valence-corrected chi connectivity index (χ3v) is 0. The van der Waals surface area contributed by atoms with Crippen LogP contribution >= 0.6 is 0 Å². The molecule has 0 saturated carbocycles. The Morgan fingerprint density at radius 1 is 1.33 bits per heavy atom. The van der Waals surface area contributed by atoms with Gasteiger partial charge in [-0.05, 0) is 13.8 Å². The molecule has 0 aliphatic carbocycles.